The molecule has 1 fully saturated rings. The van der Waals surface area contributed by atoms with Gasteiger partial charge >= 0.3 is 0 Å². The van der Waals surface area contributed by atoms with Crippen LogP contribution in [0.5, 0.6) is 5.75 Å². The molecule has 3 rings (SSSR count). The molecule has 1 aliphatic rings. The minimum absolute atomic E-state index is 0.367. The zero-order chi connectivity index (χ0) is 16.2. The first kappa shape index (κ1) is 15.3. The number of hydrogen-bond acceptors (Lipinski definition) is 5. The lowest BCUT2D eigenvalue weighted by molar-refractivity contribution is 0.337. The van der Waals surface area contributed by atoms with Crippen LogP contribution in [0.1, 0.15) is 32.4 Å². The number of hydrogen-bond donors (Lipinski definition) is 0. The maximum atomic E-state index is 9.41. The molecule has 1 aromatic carbocycles. The van der Waals surface area contributed by atoms with Crippen molar-refractivity contribution in [2.24, 2.45) is 5.92 Å². The lowest BCUT2D eigenvalue weighted by atomic mass is 9.99. The van der Waals surface area contributed by atoms with Gasteiger partial charge in [-0.1, -0.05) is 19.1 Å². The van der Waals surface area contributed by atoms with Crippen molar-refractivity contribution >= 4 is 5.82 Å². The maximum absolute atomic E-state index is 9.41. The molecule has 0 atom stereocenters. The highest BCUT2D eigenvalue weighted by molar-refractivity contribution is 5.52. The van der Waals surface area contributed by atoms with Crippen LogP contribution < -0.4 is 9.64 Å². The van der Waals surface area contributed by atoms with E-state index in [2.05, 4.69) is 28.1 Å². The van der Waals surface area contributed by atoms with E-state index in [4.69, 9.17) is 4.74 Å². The van der Waals surface area contributed by atoms with E-state index in [-0.39, 0.29) is 0 Å². The minimum Gasteiger partial charge on any atom is -0.492 e. The van der Waals surface area contributed by atoms with Crippen LogP contribution in [0.2, 0.25) is 0 Å². The molecular formula is C17H21N5O. The third-order valence-corrected chi connectivity index (χ3v) is 4.17. The number of aromatic nitrogens is 3. The number of nitrogens with zero attached hydrogens (tertiary/aromatic N) is 5. The van der Waals surface area contributed by atoms with Crippen LogP contribution in [-0.2, 0) is 0 Å². The third kappa shape index (κ3) is 3.14. The smallest absolute Gasteiger partial charge is 0.207 e. The van der Waals surface area contributed by atoms with Gasteiger partial charge in [0, 0.05) is 13.1 Å². The molecule has 0 aliphatic carbocycles. The summed E-state index contributed by atoms with van der Waals surface area (Å²) in [5.74, 6) is 2.12. The Labute approximate surface area is 136 Å². The van der Waals surface area contributed by atoms with Crippen molar-refractivity contribution in [1.29, 1.82) is 5.26 Å². The summed E-state index contributed by atoms with van der Waals surface area (Å²) in [6, 6.07) is 9.78. The average molecular weight is 311 g/mol. The van der Waals surface area contributed by atoms with Crippen LogP contribution in [0.3, 0.4) is 0 Å². The number of anilines is 1. The molecule has 2 aromatic rings. The molecule has 2 heterocycles. The molecule has 0 amide bonds. The maximum Gasteiger partial charge on any atom is 0.207 e. The number of piperidine rings is 1. The van der Waals surface area contributed by atoms with E-state index in [0.717, 1.165) is 37.5 Å². The summed E-state index contributed by atoms with van der Waals surface area (Å²) in [5, 5.41) is 18.3. The predicted octanol–water partition coefficient (Wildman–Crippen LogP) is 2.77. The van der Waals surface area contributed by atoms with Gasteiger partial charge in [0.05, 0.1) is 6.61 Å². The van der Waals surface area contributed by atoms with Crippen LogP contribution in [0.25, 0.3) is 5.69 Å². The second-order valence-electron chi connectivity index (χ2n) is 5.84. The van der Waals surface area contributed by atoms with Crippen molar-refractivity contribution in [2.45, 2.75) is 26.7 Å². The minimum atomic E-state index is 0.367. The van der Waals surface area contributed by atoms with Crippen LogP contribution in [-0.4, -0.2) is 34.7 Å². The summed E-state index contributed by atoms with van der Waals surface area (Å²) in [6.07, 6.45) is 2.24. The van der Waals surface area contributed by atoms with E-state index in [1.54, 1.807) is 0 Å². The highest BCUT2D eigenvalue weighted by atomic mass is 16.5. The van der Waals surface area contributed by atoms with Gasteiger partial charge < -0.3 is 9.64 Å². The molecule has 0 spiro atoms. The van der Waals surface area contributed by atoms with E-state index in [0.29, 0.717) is 23.9 Å². The molecule has 0 N–H and O–H groups in total. The Morgan fingerprint density at radius 3 is 2.70 bits per heavy atom. The first-order valence-corrected chi connectivity index (χ1v) is 8.07. The third-order valence-electron chi connectivity index (χ3n) is 4.17. The molecule has 0 saturated carbocycles. The number of rotatable bonds is 4. The number of ether oxygens (including phenoxy) is 1. The van der Waals surface area contributed by atoms with Gasteiger partial charge in [0.15, 0.2) is 5.82 Å². The van der Waals surface area contributed by atoms with E-state index in [1.807, 2.05) is 31.2 Å². The summed E-state index contributed by atoms with van der Waals surface area (Å²) in [7, 11) is 0. The van der Waals surface area contributed by atoms with E-state index >= 15 is 0 Å². The first-order chi connectivity index (χ1) is 11.2. The highest BCUT2D eigenvalue weighted by Gasteiger charge is 2.23. The molecular weight excluding hydrogens is 290 g/mol. The van der Waals surface area contributed by atoms with Crippen molar-refractivity contribution in [3.8, 4) is 17.5 Å². The lowest BCUT2D eigenvalue weighted by Gasteiger charge is -2.30. The molecule has 6 heteroatoms. The fraction of sp³-hybridized carbons (Fsp3) is 0.471. The predicted molar refractivity (Wildman–Crippen MR) is 87.9 cm³/mol. The Morgan fingerprint density at radius 2 is 2.00 bits per heavy atom. The Balaban J connectivity index is 1.95. The van der Waals surface area contributed by atoms with Gasteiger partial charge in [0.25, 0.3) is 0 Å². The van der Waals surface area contributed by atoms with E-state index < -0.39 is 0 Å². The lowest BCUT2D eigenvalue weighted by Crippen LogP contribution is -2.33. The summed E-state index contributed by atoms with van der Waals surface area (Å²) < 4.78 is 5.64. The van der Waals surface area contributed by atoms with Gasteiger partial charge in [-0.2, -0.15) is 5.26 Å². The van der Waals surface area contributed by atoms with E-state index in [1.165, 1.54) is 4.80 Å². The molecule has 120 valence electrons. The van der Waals surface area contributed by atoms with Crippen molar-refractivity contribution in [3.63, 3.8) is 0 Å². The van der Waals surface area contributed by atoms with Crippen molar-refractivity contribution in [3.05, 3.63) is 30.0 Å². The Hall–Kier alpha value is -2.55. The van der Waals surface area contributed by atoms with E-state index in [9.17, 15) is 5.26 Å². The molecule has 1 saturated heterocycles. The second kappa shape index (κ2) is 6.69. The molecule has 1 aromatic heterocycles. The molecule has 23 heavy (non-hydrogen) atoms. The van der Waals surface area contributed by atoms with Crippen molar-refractivity contribution < 1.29 is 4.74 Å². The zero-order valence-corrected chi connectivity index (χ0v) is 13.6. The first-order valence-electron chi connectivity index (χ1n) is 8.07. The van der Waals surface area contributed by atoms with Crippen molar-refractivity contribution in [1.82, 2.24) is 15.0 Å². The Kier molecular flexibility index (Phi) is 4.47. The van der Waals surface area contributed by atoms with Gasteiger partial charge in [-0.15, -0.1) is 15.0 Å². The molecule has 0 bridgehead atoms. The van der Waals surface area contributed by atoms with Crippen LogP contribution in [0, 0.1) is 17.2 Å². The van der Waals surface area contributed by atoms with Gasteiger partial charge in [0.1, 0.15) is 17.5 Å². The Bertz CT molecular complexity index is 710. The number of benzene rings is 1. The summed E-state index contributed by atoms with van der Waals surface area (Å²) >= 11 is 0. The normalized spacial score (nSPS) is 15.4. The van der Waals surface area contributed by atoms with Gasteiger partial charge in [0.2, 0.25) is 5.69 Å². The molecule has 0 radical (unpaired) electrons. The van der Waals surface area contributed by atoms with Crippen LogP contribution in [0.15, 0.2) is 24.3 Å². The summed E-state index contributed by atoms with van der Waals surface area (Å²) in [5.41, 5.74) is 1.12. The second-order valence-corrected chi connectivity index (χ2v) is 5.84. The quantitative estimate of drug-likeness (QED) is 0.868. The number of para-hydroxylation sites is 2. The fourth-order valence-electron chi connectivity index (χ4n) is 2.81. The van der Waals surface area contributed by atoms with Crippen LogP contribution in [0.4, 0.5) is 5.82 Å². The molecule has 1 aliphatic heterocycles. The monoisotopic (exact) mass is 311 g/mol. The van der Waals surface area contributed by atoms with Gasteiger partial charge in [-0.25, -0.2) is 0 Å². The SMILES string of the molecule is CCOc1ccccc1-n1nc(C#N)c(N2CCC(C)CC2)n1. The largest absolute Gasteiger partial charge is 0.492 e. The fourth-order valence-corrected chi connectivity index (χ4v) is 2.81. The van der Waals surface area contributed by atoms with Gasteiger partial charge in [-0.05, 0) is 37.8 Å². The molecule has 0 unspecified atom stereocenters. The topological polar surface area (TPSA) is 67.0 Å². The Morgan fingerprint density at radius 1 is 1.26 bits per heavy atom. The molecule has 6 nitrogen and oxygen atoms in total. The highest BCUT2D eigenvalue weighted by Crippen LogP contribution is 2.26. The zero-order valence-electron chi connectivity index (χ0n) is 13.6. The van der Waals surface area contributed by atoms with Gasteiger partial charge in [-0.3, -0.25) is 0 Å². The van der Waals surface area contributed by atoms with Crippen molar-refractivity contribution in [2.75, 3.05) is 24.6 Å². The standard InChI is InChI=1S/C17H21N5O/c1-3-23-16-7-5-4-6-15(16)22-19-14(12-18)17(20-22)21-10-8-13(2)9-11-21/h4-7,13H,3,8-11H2,1-2H3. The number of nitriles is 1. The summed E-state index contributed by atoms with van der Waals surface area (Å²) in [4.78, 5) is 3.67. The summed E-state index contributed by atoms with van der Waals surface area (Å²) in [6.45, 7) is 6.61. The average Bonchev–Trinajstić information content (AvgIpc) is 3.00. The van der Waals surface area contributed by atoms with Crippen LogP contribution >= 0.6 is 0 Å².